The fraction of sp³-hybridized carbons (Fsp3) is 0.273. The highest BCUT2D eigenvalue weighted by atomic mass is 16.4. The number of benzene rings is 1. The highest BCUT2D eigenvalue weighted by Gasteiger charge is 2.15. The third-order valence-electron chi connectivity index (χ3n) is 2.46. The maximum atomic E-state index is 10.8. The molecule has 0 spiro atoms. The molecule has 4 nitrogen and oxygen atoms in total. The molecule has 0 fully saturated rings. The molecular formula is C11H12N2O2. The Morgan fingerprint density at radius 3 is 2.93 bits per heavy atom. The van der Waals surface area contributed by atoms with Crippen molar-refractivity contribution in [2.75, 3.05) is 18.0 Å². The molecular weight excluding hydrogens is 192 g/mol. The van der Waals surface area contributed by atoms with E-state index in [1.165, 1.54) is 0 Å². The molecule has 1 N–H and O–H groups in total. The molecule has 0 aliphatic carbocycles. The summed E-state index contributed by atoms with van der Waals surface area (Å²) in [6.07, 6.45) is 0. The number of nitrogens with zero attached hydrogens (tertiary/aromatic N) is 2. The van der Waals surface area contributed by atoms with Crippen molar-refractivity contribution >= 4 is 17.5 Å². The predicted octanol–water partition coefficient (Wildman–Crippen LogP) is 1.62. The summed E-state index contributed by atoms with van der Waals surface area (Å²) < 4.78 is 0. The Morgan fingerprint density at radius 1 is 1.53 bits per heavy atom. The predicted molar refractivity (Wildman–Crippen MR) is 58.7 cm³/mol. The fourth-order valence-corrected chi connectivity index (χ4v) is 1.68. The molecule has 1 heterocycles. The summed E-state index contributed by atoms with van der Waals surface area (Å²) in [5.41, 5.74) is 1.21. The quantitative estimate of drug-likeness (QED) is 0.796. The van der Waals surface area contributed by atoms with Crippen LogP contribution in [0.1, 0.15) is 17.3 Å². The van der Waals surface area contributed by atoms with Crippen molar-refractivity contribution < 1.29 is 9.90 Å². The Balaban J connectivity index is 2.33. The molecule has 0 saturated heterocycles. The number of aromatic carboxylic acids is 1. The second-order valence-corrected chi connectivity index (χ2v) is 3.44. The number of carboxylic acids is 1. The molecule has 15 heavy (non-hydrogen) atoms. The SMILES string of the molecule is CC1=NCCN1c1cccc(C(=O)O)c1. The Labute approximate surface area is 87.9 Å². The van der Waals surface area contributed by atoms with Gasteiger partial charge in [0.2, 0.25) is 0 Å². The molecule has 1 aliphatic heterocycles. The zero-order valence-electron chi connectivity index (χ0n) is 8.47. The van der Waals surface area contributed by atoms with Gasteiger partial charge in [-0.25, -0.2) is 4.79 Å². The average molecular weight is 204 g/mol. The first kappa shape index (κ1) is 9.71. The Hall–Kier alpha value is -1.84. The second-order valence-electron chi connectivity index (χ2n) is 3.44. The van der Waals surface area contributed by atoms with Crippen LogP contribution >= 0.6 is 0 Å². The van der Waals surface area contributed by atoms with E-state index in [1.807, 2.05) is 17.9 Å². The normalized spacial score (nSPS) is 15.3. The minimum absolute atomic E-state index is 0.312. The van der Waals surface area contributed by atoms with E-state index in [1.54, 1.807) is 18.2 Å². The fourth-order valence-electron chi connectivity index (χ4n) is 1.68. The van der Waals surface area contributed by atoms with Gasteiger partial charge in [0.1, 0.15) is 5.84 Å². The minimum Gasteiger partial charge on any atom is -0.478 e. The molecule has 0 unspecified atom stereocenters. The van der Waals surface area contributed by atoms with Crippen LogP contribution in [0.5, 0.6) is 0 Å². The van der Waals surface area contributed by atoms with Crippen LogP contribution in [0.2, 0.25) is 0 Å². The number of hydrogen-bond acceptors (Lipinski definition) is 3. The van der Waals surface area contributed by atoms with Crippen LogP contribution in [0.3, 0.4) is 0 Å². The van der Waals surface area contributed by atoms with Crippen LogP contribution in [-0.4, -0.2) is 30.0 Å². The van der Waals surface area contributed by atoms with Crippen molar-refractivity contribution in [2.24, 2.45) is 4.99 Å². The topological polar surface area (TPSA) is 52.9 Å². The van der Waals surface area contributed by atoms with E-state index < -0.39 is 5.97 Å². The number of hydrogen-bond donors (Lipinski definition) is 1. The zero-order valence-corrected chi connectivity index (χ0v) is 8.47. The van der Waals surface area contributed by atoms with Gasteiger partial charge in [-0.2, -0.15) is 0 Å². The van der Waals surface area contributed by atoms with Gasteiger partial charge in [0.15, 0.2) is 0 Å². The lowest BCUT2D eigenvalue weighted by Crippen LogP contribution is -2.25. The summed E-state index contributed by atoms with van der Waals surface area (Å²) in [5, 5.41) is 8.87. The number of carbonyl (C=O) groups is 1. The lowest BCUT2D eigenvalue weighted by molar-refractivity contribution is 0.0697. The zero-order chi connectivity index (χ0) is 10.8. The van der Waals surface area contributed by atoms with Crippen molar-refractivity contribution in [1.29, 1.82) is 0 Å². The second kappa shape index (κ2) is 3.73. The number of anilines is 1. The molecule has 0 amide bonds. The third kappa shape index (κ3) is 1.83. The molecule has 78 valence electrons. The first-order valence-electron chi connectivity index (χ1n) is 4.80. The van der Waals surface area contributed by atoms with Gasteiger partial charge in [0.05, 0.1) is 12.1 Å². The van der Waals surface area contributed by atoms with E-state index >= 15 is 0 Å². The van der Waals surface area contributed by atoms with Gasteiger partial charge in [-0.05, 0) is 25.1 Å². The minimum atomic E-state index is -0.898. The molecule has 1 aromatic rings. The van der Waals surface area contributed by atoms with Crippen molar-refractivity contribution in [2.45, 2.75) is 6.92 Å². The standard InChI is InChI=1S/C11H12N2O2/c1-8-12-5-6-13(8)10-4-2-3-9(7-10)11(14)15/h2-4,7H,5-6H2,1H3,(H,14,15). The summed E-state index contributed by atoms with van der Waals surface area (Å²) in [6.45, 7) is 3.54. The van der Waals surface area contributed by atoms with Crippen LogP contribution in [-0.2, 0) is 0 Å². The Morgan fingerprint density at radius 2 is 2.33 bits per heavy atom. The number of aliphatic imine (C=N–C) groups is 1. The molecule has 0 bridgehead atoms. The van der Waals surface area contributed by atoms with Gasteiger partial charge >= 0.3 is 5.97 Å². The summed E-state index contributed by atoms with van der Waals surface area (Å²) in [4.78, 5) is 17.1. The van der Waals surface area contributed by atoms with Crippen LogP contribution in [0.4, 0.5) is 5.69 Å². The van der Waals surface area contributed by atoms with Crippen molar-refractivity contribution in [3.63, 3.8) is 0 Å². The van der Waals surface area contributed by atoms with Crippen LogP contribution in [0, 0.1) is 0 Å². The number of carboxylic acid groups (broad SMARTS) is 1. The van der Waals surface area contributed by atoms with Gasteiger partial charge in [-0.15, -0.1) is 0 Å². The molecule has 0 radical (unpaired) electrons. The van der Waals surface area contributed by atoms with Gasteiger partial charge in [-0.3, -0.25) is 4.99 Å². The van der Waals surface area contributed by atoms with E-state index in [2.05, 4.69) is 4.99 Å². The van der Waals surface area contributed by atoms with Crippen LogP contribution < -0.4 is 4.90 Å². The summed E-state index contributed by atoms with van der Waals surface area (Å²) in [6, 6.07) is 6.92. The molecule has 1 aliphatic rings. The highest BCUT2D eigenvalue weighted by Crippen LogP contribution is 2.19. The maximum absolute atomic E-state index is 10.8. The third-order valence-corrected chi connectivity index (χ3v) is 2.46. The number of amidine groups is 1. The van der Waals surface area contributed by atoms with Gasteiger partial charge in [0, 0.05) is 12.2 Å². The lowest BCUT2D eigenvalue weighted by atomic mass is 10.2. The summed E-state index contributed by atoms with van der Waals surface area (Å²) in [5.74, 6) is 0.0446. The molecule has 0 saturated carbocycles. The molecule has 2 rings (SSSR count). The van der Waals surface area contributed by atoms with E-state index in [9.17, 15) is 4.79 Å². The molecule has 1 aromatic carbocycles. The molecule has 0 aromatic heterocycles. The van der Waals surface area contributed by atoms with E-state index in [0.29, 0.717) is 5.56 Å². The van der Waals surface area contributed by atoms with Crippen LogP contribution in [0.15, 0.2) is 29.3 Å². The first-order chi connectivity index (χ1) is 7.18. The Kier molecular flexibility index (Phi) is 2.41. The average Bonchev–Trinajstić information content (AvgIpc) is 2.64. The number of rotatable bonds is 2. The van der Waals surface area contributed by atoms with E-state index in [4.69, 9.17) is 5.11 Å². The lowest BCUT2D eigenvalue weighted by Gasteiger charge is -2.18. The van der Waals surface area contributed by atoms with Gasteiger partial charge in [0.25, 0.3) is 0 Å². The Bertz CT molecular complexity index is 426. The van der Waals surface area contributed by atoms with Gasteiger partial charge in [-0.1, -0.05) is 6.07 Å². The smallest absolute Gasteiger partial charge is 0.335 e. The maximum Gasteiger partial charge on any atom is 0.335 e. The van der Waals surface area contributed by atoms with Crippen molar-refractivity contribution in [3.8, 4) is 0 Å². The van der Waals surface area contributed by atoms with Crippen LogP contribution in [0.25, 0.3) is 0 Å². The molecule has 0 atom stereocenters. The van der Waals surface area contributed by atoms with Gasteiger partial charge < -0.3 is 10.0 Å². The first-order valence-corrected chi connectivity index (χ1v) is 4.80. The monoisotopic (exact) mass is 204 g/mol. The highest BCUT2D eigenvalue weighted by molar-refractivity contribution is 5.98. The largest absolute Gasteiger partial charge is 0.478 e. The van der Waals surface area contributed by atoms with Crippen molar-refractivity contribution in [1.82, 2.24) is 0 Å². The van der Waals surface area contributed by atoms with Crippen molar-refractivity contribution in [3.05, 3.63) is 29.8 Å². The summed E-state index contributed by atoms with van der Waals surface area (Å²) >= 11 is 0. The molecule has 4 heteroatoms. The van der Waals surface area contributed by atoms with E-state index in [-0.39, 0.29) is 0 Å². The summed E-state index contributed by atoms with van der Waals surface area (Å²) in [7, 11) is 0. The van der Waals surface area contributed by atoms with E-state index in [0.717, 1.165) is 24.6 Å².